The summed E-state index contributed by atoms with van der Waals surface area (Å²) in [7, 11) is 8.30. The van der Waals surface area contributed by atoms with Crippen LogP contribution in [0.25, 0.3) is 0 Å². The van der Waals surface area contributed by atoms with Gasteiger partial charge >= 0.3 is 12.1 Å². The van der Waals surface area contributed by atoms with Gasteiger partial charge < -0.3 is 63.1 Å². The number of nitrogens with one attached hydrogen (secondary N) is 1. The number of esters is 1. The number of aliphatic hydroxyl groups is 2. The Morgan fingerprint density at radius 3 is 2.03 bits per heavy atom. The molecule has 1 saturated carbocycles. The first-order valence-electron chi connectivity index (χ1n) is 23.0. The lowest BCUT2D eigenvalue weighted by Gasteiger charge is -2.50. The normalized spacial score (nSPS) is 44.6. The maximum atomic E-state index is 14.6. The van der Waals surface area contributed by atoms with E-state index in [9.17, 15) is 24.6 Å². The zero-order valence-electron chi connectivity index (χ0n) is 40.3. The summed E-state index contributed by atoms with van der Waals surface area (Å²) < 4.78 is 57.3. The van der Waals surface area contributed by atoms with Crippen LogP contribution in [0.2, 0.25) is 0 Å². The van der Waals surface area contributed by atoms with E-state index in [-0.39, 0.29) is 43.2 Å². The number of likely N-dealkylation sites (N-methyl/N-ethyl adjacent to an activating group) is 1. The fourth-order valence-electron chi connectivity index (χ4n) is 10.8. The first kappa shape index (κ1) is 52.6. The smallest absolute Gasteiger partial charge is 0.407 e. The van der Waals surface area contributed by atoms with Crippen molar-refractivity contribution >= 4 is 17.8 Å². The lowest BCUT2D eigenvalue weighted by molar-refractivity contribution is -0.319. The number of methoxy groups -OCH3 is 3. The van der Waals surface area contributed by atoms with Crippen molar-refractivity contribution in [1.82, 2.24) is 10.2 Å². The number of hydrogen-bond donors (Lipinski definition) is 3. The van der Waals surface area contributed by atoms with E-state index in [2.05, 4.69) is 5.32 Å². The second-order valence-electron chi connectivity index (χ2n) is 19.7. The number of carbonyl (C=O) groups excluding carboxylic acids is 3. The SMILES string of the molecule is CC[C@H]1OC(=O)[C@H](C)[C@@H](O[C@H]2C[C@@](C)(OC)[C@@H](OC(=O)NC3CCCCC3)[C@H](C)O2)[C@H](C)[C@@H](O[C@@H]2O[C@H](C)C[C@H](N(C)C)[C@H]2O)[C@](C)(OC)C[C@@H](C)C(=O)[C@H](C)[C@@H](OC)[C@]1(C)O. The molecule has 0 aromatic heterocycles. The van der Waals surface area contributed by atoms with E-state index >= 15 is 0 Å². The zero-order valence-corrected chi connectivity index (χ0v) is 40.3. The Kier molecular flexibility index (Phi) is 18.7. The van der Waals surface area contributed by atoms with Gasteiger partial charge in [-0.05, 0) is 87.7 Å². The highest BCUT2D eigenvalue weighted by atomic mass is 16.7. The molecule has 4 fully saturated rings. The van der Waals surface area contributed by atoms with Crippen LogP contribution in [0, 0.1) is 23.7 Å². The van der Waals surface area contributed by atoms with E-state index in [1.807, 2.05) is 53.6 Å². The number of aliphatic hydroxyl groups excluding tert-OH is 1. The summed E-state index contributed by atoms with van der Waals surface area (Å²) in [6, 6.07) is -0.244. The van der Waals surface area contributed by atoms with E-state index < -0.39 is 108 Å². The Bertz CT molecular complexity index is 1460. The third kappa shape index (κ3) is 11.9. The molecule has 0 radical (unpaired) electrons. The predicted octanol–water partition coefficient (Wildman–Crippen LogP) is 5.16. The summed E-state index contributed by atoms with van der Waals surface area (Å²) in [5.41, 5.74) is -4.07. The molecule has 3 N–H and O–H groups in total. The molecule has 4 aliphatic rings. The summed E-state index contributed by atoms with van der Waals surface area (Å²) in [5.74, 6) is -4.02. The average molecular weight is 887 g/mol. The maximum Gasteiger partial charge on any atom is 0.407 e. The second kappa shape index (κ2) is 22.0. The van der Waals surface area contributed by atoms with Gasteiger partial charge in [0, 0.05) is 57.6 Å². The number of ketones is 1. The molecule has 4 rings (SSSR count). The first-order valence-corrected chi connectivity index (χ1v) is 23.0. The van der Waals surface area contributed by atoms with Crippen LogP contribution in [0.1, 0.15) is 127 Å². The number of hydrogen-bond acceptors (Lipinski definition) is 15. The minimum atomic E-state index is -1.76. The van der Waals surface area contributed by atoms with Gasteiger partial charge in [0.25, 0.3) is 0 Å². The summed E-state index contributed by atoms with van der Waals surface area (Å²) in [4.78, 5) is 44.1. The van der Waals surface area contributed by atoms with Gasteiger partial charge in [0.05, 0.1) is 42.0 Å². The molecule has 0 unspecified atom stereocenters. The molecule has 0 bridgehead atoms. The molecule has 1 amide bonds. The van der Waals surface area contributed by atoms with Crippen LogP contribution in [-0.4, -0.2) is 159 Å². The van der Waals surface area contributed by atoms with Gasteiger partial charge in [0.1, 0.15) is 29.2 Å². The highest BCUT2D eigenvalue weighted by molar-refractivity contribution is 5.83. The van der Waals surface area contributed by atoms with Crippen molar-refractivity contribution < 1.29 is 67.2 Å². The first-order chi connectivity index (χ1) is 29.0. The number of alkyl carbamates (subject to hydrolysis) is 1. The minimum absolute atomic E-state index is 0.0457. The maximum absolute atomic E-state index is 14.6. The standard InChI is InChI=1S/C46H82N2O14/c1-16-33-46(10,53)39(54-13)27(4)35(49)25(2)23-44(8,55-14)38(61-42-36(50)32(48(11)12)22-26(3)57-42)28(5)37(29(6)41(51)59-33)60-34-24-45(9,56-15)40(30(7)58-34)62-43(52)47-31-20-18-17-19-21-31/h25-34,36-40,42,50,53H,16-24H2,1-15H3,(H,47,52)/t25-,26-,27+,28+,29-,30+,32+,33-,34+,36-,37+,38-,39-,40+,42+,44-,45-,46-/m1/s1. The van der Waals surface area contributed by atoms with Crippen LogP contribution in [0.5, 0.6) is 0 Å². The highest BCUT2D eigenvalue weighted by Gasteiger charge is 2.55. The molecule has 18 atom stereocenters. The van der Waals surface area contributed by atoms with Gasteiger partial charge in [-0.15, -0.1) is 0 Å². The fourth-order valence-corrected chi connectivity index (χ4v) is 10.8. The lowest BCUT2D eigenvalue weighted by atomic mass is 9.73. The van der Waals surface area contributed by atoms with E-state index in [1.54, 1.807) is 41.9 Å². The molecule has 0 aromatic carbocycles. The zero-order chi connectivity index (χ0) is 46.5. The van der Waals surface area contributed by atoms with Crippen LogP contribution < -0.4 is 5.32 Å². The number of carbonyl (C=O) groups is 3. The van der Waals surface area contributed by atoms with E-state index in [0.29, 0.717) is 6.42 Å². The van der Waals surface area contributed by atoms with Crippen molar-refractivity contribution in [3.05, 3.63) is 0 Å². The van der Waals surface area contributed by atoms with Gasteiger partial charge in [-0.2, -0.15) is 0 Å². The van der Waals surface area contributed by atoms with Gasteiger partial charge in [-0.1, -0.05) is 47.0 Å². The van der Waals surface area contributed by atoms with Crippen LogP contribution in [0.4, 0.5) is 4.79 Å². The van der Waals surface area contributed by atoms with Crippen molar-refractivity contribution in [2.75, 3.05) is 35.4 Å². The number of ether oxygens (including phenoxy) is 9. The third-order valence-corrected chi connectivity index (χ3v) is 14.6. The summed E-state index contributed by atoms with van der Waals surface area (Å²) >= 11 is 0. The number of cyclic esters (lactones) is 1. The number of rotatable bonds is 11. The molecule has 16 nitrogen and oxygen atoms in total. The van der Waals surface area contributed by atoms with Crippen LogP contribution >= 0.6 is 0 Å². The average Bonchev–Trinajstić information content (AvgIpc) is 3.22. The van der Waals surface area contributed by atoms with Crippen molar-refractivity contribution in [3.63, 3.8) is 0 Å². The van der Waals surface area contributed by atoms with Crippen molar-refractivity contribution in [3.8, 4) is 0 Å². The molecular weight excluding hydrogens is 805 g/mol. The Morgan fingerprint density at radius 1 is 0.855 bits per heavy atom. The van der Waals surface area contributed by atoms with Gasteiger partial charge in [0.2, 0.25) is 0 Å². The minimum Gasteiger partial charge on any atom is -0.459 e. The molecule has 360 valence electrons. The second-order valence-corrected chi connectivity index (χ2v) is 19.7. The highest BCUT2D eigenvalue weighted by Crippen LogP contribution is 2.42. The Morgan fingerprint density at radius 2 is 1.47 bits per heavy atom. The molecule has 1 aliphatic carbocycles. The fraction of sp³-hybridized carbons (Fsp3) is 0.935. The number of Topliss-reactive ketones (excluding diaryl/α,β-unsaturated/α-hetero) is 1. The number of amides is 1. The quantitative estimate of drug-likeness (QED) is 0.231. The van der Waals surface area contributed by atoms with E-state index in [1.165, 1.54) is 14.0 Å². The van der Waals surface area contributed by atoms with Crippen molar-refractivity contribution in [2.45, 2.75) is 217 Å². The molecule has 62 heavy (non-hydrogen) atoms. The summed E-state index contributed by atoms with van der Waals surface area (Å²) in [5, 5.41) is 26.9. The molecule has 16 heteroatoms. The topological polar surface area (TPSA) is 190 Å². The molecule has 0 spiro atoms. The Hall–Kier alpha value is -1.99. The molecular formula is C46H82N2O14. The monoisotopic (exact) mass is 887 g/mol. The number of nitrogens with zero attached hydrogens (tertiary/aromatic N) is 1. The summed E-state index contributed by atoms with van der Waals surface area (Å²) in [6.45, 7) is 17.8. The van der Waals surface area contributed by atoms with Crippen molar-refractivity contribution in [2.24, 2.45) is 23.7 Å². The van der Waals surface area contributed by atoms with Gasteiger partial charge in [0.15, 0.2) is 18.7 Å². The van der Waals surface area contributed by atoms with Gasteiger partial charge in [-0.25, -0.2) is 4.79 Å². The predicted molar refractivity (Wildman–Crippen MR) is 230 cm³/mol. The molecule has 0 aromatic rings. The van der Waals surface area contributed by atoms with E-state index in [0.717, 1.165) is 32.1 Å². The van der Waals surface area contributed by atoms with E-state index in [4.69, 9.17) is 42.6 Å². The van der Waals surface area contributed by atoms with Crippen LogP contribution in [0.3, 0.4) is 0 Å². The Balaban J connectivity index is 1.79. The van der Waals surface area contributed by atoms with Gasteiger partial charge in [-0.3, -0.25) is 9.59 Å². The largest absolute Gasteiger partial charge is 0.459 e. The Labute approximate surface area is 371 Å². The third-order valence-electron chi connectivity index (χ3n) is 14.6. The van der Waals surface area contributed by atoms with Crippen LogP contribution in [-0.2, 0) is 52.2 Å². The molecule has 3 saturated heterocycles. The lowest BCUT2D eigenvalue weighted by Crippen LogP contribution is -2.62. The molecule has 3 aliphatic heterocycles. The van der Waals surface area contributed by atoms with Crippen LogP contribution in [0.15, 0.2) is 0 Å². The molecule has 3 heterocycles. The summed E-state index contributed by atoms with van der Waals surface area (Å²) in [6.07, 6.45) is -3.42. The van der Waals surface area contributed by atoms with Crippen molar-refractivity contribution in [1.29, 1.82) is 0 Å².